The fourth-order valence-electron chi connectivity index (χ4n) is 8.58. The normalized spacial score (nSPS) is 19.6. The lowest BCUT2D eigenvalue weighted by atomic mass is 9.96. The highest BCUT2D eigenvalue weighted by molar-refractivity contribution is 9.11. The van der Waals surface area contributed by atoms with E-state index < -0.39 is 0 Å². The van der Waals surface area contributed by atoms with E-state index in [2.05, 4.69) is 79.5 Å². The van der Waals surface area contributed by atoms with Gasteiger partial charge in [0.25, 0.3) is 11.8 Å². The first-order valence-corrected chi connectivity index (χ1v) is 22.9. The number of imidazole rings is 2. The minimum Gasteiger partial charge on any atom is -0.496 e. The highest BCUT2D eigenvalue weighted by Crippen LogP contribution is 2.38. The average Bonchev–Trinajstić information content (AvgIpc) is 3.99. The molecule has 18 heteroatoms. The zero-order valence-corrected chi connectivity index (χ0v) is 39.5. The first-order valence-electron chi connectivity index (χ1n) is 20.6. The molecule has 15 nitrogen and oxygen atoms in total. The number of nitrogens with one attached hydrogen (secondary N) is 1. The lowest BCUT2D eigenvalue weighted by molar-refractivity contribution is 0.0828. The Hall–Kier alpha value is -4.42. The first kappa shape index (κ1) is 42.3. The topological polar surface area (TPSA) is 138 Å². The van der Waals surface area contributed by atoms with Gasteiger partial charge in [-0.25, -0.2) is 15.0 Å². The van der Waals surface area contributed by atoms with Gasteiger partial charge in [0.1, 0.15) is 11.5 Å². The summed E-state index contributed by atoms with van der Waals surface area (Å²) < 4.78 is 17.1. The molecular formula is C42H50Br3N11O4. The van der Waals surface area contributed by atoms with Crippen molar-refractivity contribution < 1.29 is 19.1 Å². The van der Waals surface area contributed by atoms with Crippen molar-refractivity contribution >= 4 is 89.1 Å². The molecule has 0 radical (unpaired) electrons. The number of hydrogen-bond donors (Lipinski definition) is 1. The van der Waals surface area contributed by atoms with E-state index in [4.69, 9.17) is 19.5 Å². The molecule has 60 heavy (non-hydrogen) atoms. The molecular weight excluding hydrogens is 962 g/mol. The number of amides is 2. The number of halogens is 3. The molecule has 1 fully saturated rings. The van der Waals surface area contributed by atoms with Gasteiger partial charge in [-0.05, 0) is 124 Å². The highest BCUT2D eigenvalue weighted by Gasteiger charge is 2.44. The molecule has 0 unspecified atom stereocenters. The second-order valence-electron chi connectivity index (χ2n) is 15.6. The van der Waals surface area contributed by atoms with E-state index in [0.717, 1.165) is 75.2 Å². The Morgan fingerprint density at radius 2 is 1.18 bits per heavy atom. The third-order valence-corrected chi connectivity index (χ3v) is 13.3. The summed E-state index contributed by atoms with van der Waals surface area (Å²) in [5, 5.41) is 3.69. The number of fused-ring (bicyclic) bond motifs is 6. The van der Waals surface area contributed by atoms with Crippen molar-refractivity contribution in [1.82, 2.24) is 28.9 Å². The molecule has 2 atom stereocenters. The van der Waals surface area contributed by atoms with Crippen LogP contribution in [0, 0.1) is 0 Å². The second kappa shape index (κ2) is 17.5. The van der Waals surface area contributed by atoms with Crippen molar-refractivity contribution in [2.75, 3.05) is 55.5 Å². The summed E-state index contributed by atoms with van der Waals surface area (Å²) in [6.07, 6.45) is 6.01. The van der Waals surface area contributed by atoms with Crippen molar-refractivity contribution in [1.29, 1.82) is 0 Å². The number of carbonyl (C=O) groups excluding carboxylic acids is 2. The molecule has 4 aliphatic heterocycles. The van der Waals surface area contributed by atoms with Crippen LogP contribution in [0.4, 0.5) is 17.6 Å². The highest BCUT2D eigenvalue weighted by atomic mass is 79.9. The first-order chi connectivity index (χ1) is 28.9. The molecule has 0 bridgehead atoms. The van der Waals surface area contributed by atoms with Crippen molar-refractivity contribution in [3.63, 3.8) is 0 Å². The smallest absolute Gasteiger partial charge is 0.281 e. The van der Waals surface area contributed by atoms with Crippen LogP contribution in [0.15, 0.2) is 60.1 Å². The molecule has 1 saturated carbocycles. The van der Waals surface area contributed by atoms with Gasteiger partial charge in [0.15, 0.2) is 27.8 Å². The maximum atomic E-state index is 13.7. The number of anilines is 3. The van der Waals surface area contributed by atoms with Crippen LogP contribution in [0.2, 0.25) is 0 Å². The fourth-order valence-corrected chi connectivity index (χ4v) is 10.2. The number of ether oxygens (including phenoxy) is 2. The minimum absolute atomic E-state index is 0.0339. The molecule has 5 aliphatic rings. The number of methoxy groups -OCH3 is 2. The second-order valence-corrected chi connectivity index (χ2v) is 18.0. The Kier molecular flexibility index (Phi) is 12.3. The van der Waals surface area contributed by atoms with Gasteiger partial charge in [-0.3, -0.25) is 33.8 Å². The molecule has 4 aromatic rings. The molecule has 318 valence electrons. The number of guanidine groups is 2. The maximum Gasteiger partial charge on any atom is 0.281 e. The van der Waals surface area contributed by atoms with Crippen molar-refractivity contribution in [3.05, 3.63) is 72.6 Å². The maximum absolute atomic E-state index is 13.7. The van der Waals surface area contributed by atoms with Crippen molar-refractivity contribution in [2.24, 2.45) is 9.98 Å². The molecule has 1 aliphatic carbocycles. The number of rotatable bonds is 10. The number of benzene rings is 2. The predicted octanol–water partition coefficient (Wildman–Crippen LogP) is 7.99. The number of hydrogen-bond acceptors (Lipinski definition) is 11. The summed E-state index contributed by atoms with van der Waals surface area (Å²) in [5.74, 6) is 5.04. The van der Waals surface area contributed by atoms with E-state index in [1.807, 2.05) is 66.6 Å². The van der Waals surface area contributed by atoms with E-state index in [1.54, 1.807) is 24.0 Å². The lowest BCUT2D eigenvalue weighted by Crippen LogP contribution is -2.50. The Morgan fingerprint density at radius 1 is 0.700 bits per heavy atom. The molecule has 0 saturated heterocycles. The SMILES string of the molecule is CCN1C(=O)c2c(nc(Br)n2Cc2ccc(OC)c(Br)c2)N2C[C@@H](C)N=C12.CCN1C(=O)c2c(nc(NC3CCCCC3)n2Cc2ccc(OC)c(Br)c2)N2C[C@@H](C)N=C12. The van der Waals surface area contributed by atoms with Crippen LogP contribution < -0.4 is 24.6 Å². The van der Waals surface area contributed by atoms with Gasteiger partial charge < -0.3 is 19.4 Å². The predicted molar refractivity (Wildman–Crippen MR) is 244 cm³/mol. The molecule has 6 heterocycles. The summed E-state index contributed by atoms with van der Waals surface area (Å²) in [6.45, 7) is 11.7. The summed E-state index contributed by atoms with van der Waals surface area (Å²) >= 11 is 10.7. The van der Waals surface area contributed by atoms with Crippen LogP contribution in [0.1, 0.15) is 91.9 Å². The van der Waals surface area contributed by atoms with Crippen molar-refractivity contribution in [2.45, 2.75) is 91.0 Å². The number of aromatic nitrogens is 4. The Morgan fingerprint density at radius 3 is 1.67 bits per heavy atom. The van der Waals surface area contributed by atoms with Crippen LogP contribution in [0.3, 0.4) is 0 Å². The Bertz CT molecular complexity index is 2370. The third-order valence-electron chi connectivity index (χ3n) is 11.5. The summed E-state index contributed by atoms with van der Waals surface area (Å²) in [4.78, 5) is 53.5. The van der Waals surface area contributed by atoms with Gasteiger partial charge >= 0.3 is 0 Å². The van der Waals surface area contributed by atoms with Crippen LogP contribution in [0.25, 0.3) is 0 Å². The van der Waals surface area contributed by atoms with Crippen molar-refractivity contribution in [3.8, 4) is 11.5 Å². The van der Waals surface area contributed by atoms with Gasteiger partial charge in [-0.2, -0.15) is 4.98 Å². The van der Waals surface area contributed by atoms with Crippen LogP contribution in [-0.2, 0) is 13.1 Å². The quantitative estimate of drug-likeness (QED) is 0.168. The van der Waals surface area contributed by atoms with Gasteiger partial charge in [-0.15, -0.1) is 0 Å². The summed E-state index contributed by atoms with van der Waals surface area (Å²) in [5.41, 5.74) is 3.33. The molecule has 1 N–H and O–H groups in total. The summed E-state index contributed by atoms with van der Waals surface area (Å²) in [6, 6.07) is 12.6. The minimum atomic E-state index is -0.0672. The zero-order valence-electron chi connectivity index (χ0n) is 34.7. The standard InChI is InChI=1S/C24H31BrN6O2.C18H19Br2N5O2/c1-4-29-22(32)20-21(31-13-15(2)26-24(29)31)28-23(27-17-8-6-5-7-9-17)30(20)14-16-10-11-19(33-3)18(25)12-16;1-4-23-16(26)14-15(25-8-10(2)21-18(23)25)22-17(20)24(14)9-11-5-6-13(27-3)12(19)7-11/h10-12,15,17H,4-9,13-14H2,1-3H3,(H,27,28);5-7,10H,4,8-9H2,1-3H3/t15-;10-/m11/s1. The van der Waals surface area contributed by atoms with E-state index in [-0.39, 0.29) is 23.9 Å². The largest absolute Gasteiger partial charge is 0.496 e. The zero-order chi connectivity index (χ0) is 42.4. The fraction of sp³-hybridized carbons (Fsp3) is 0.476. The number of nitrogens with zero attached hydrogens (tertiary/aromatic N) is 10. The van der Waals surface area contributed by atoms with E-state index in [1.165, 1.54) is 19.3 Å². The van der Waals surface area contributed by atoms with Gasteiger partial charge in [-0.1, -0.05) is 31.4 Å². The van der Waals surface area contributed by atoms with Crippen LogP contribution in [0.5, 0.6) is 11.5 Å². The van der Waals surface area contributed by atoms with Crippen LogP contribution >= 0.6 is 47.8 Å². The molecule has 2 aromatic heterocycles. The Balaban J connectivity index is 0.000000170. The Labute approximate surface area is 375 Å². The lowest BCUT2D eigenvalue weighted by Gasteiger charge is -2.32. The molecule has 9 rings (SSSR count). The molecule has 2 amide bonds. The van der Waals surface area contributed by atoms with E-state index >= 15 is 0 Å². The average molecular weight is 1010 g/mol. The number of carbonyl (C=O) groups is 2. The summed E-state index contributed by atoms with van der Waals surface area (Å²) in [7, 11) is 3.29. The monoisotopic (exact) mass is 1010 g/mol. The van der Waals surface area contributed by atoms with Gasteiger partial charge in [0.2, 0.25) is 17.9 Å². The number of aliphatic imine (C=N–C) groups is 2. The van der Waals surface area contributed by atoms with Gasteiger partial charge in [0.05, 0.1) is 48.3 Å². The third kappa shape index (κ3) is 7.83. The van der Waals surface area contributed by atoms with Crippen LogP contribution in [-0.4, -0.2) is 111 Å². The van der Waals surface area contributed by atoms with E-state index in [9.17, 15) is 9.59 Å². The molecule has 0 spiro atoms. The van der Waals surface area contributed by atoms with Gasteiger partial charge in [0, 0.05) is 32.2 Å². The molecule has 2 aromatic carbocycles. The van der Waals surface area contributed by atoms with E-state index in [0.29, 0.717) is 60.1 Å².